The molecular weight excluding hydrogens is 226 g/mol. The molecule has 0 bridgehead atoms. The van der Waals surface area contributed by atoms with Gasteiger partial charge in [-0.15, -0.1) is 0 Å². The van der Waals surface area contributed by atoms with E-state index in [-0.39, 0.29) is 5.60 Å². The van der Waals surface area contributed by atoms with E-state index in [4.69, 9.17) is 4.74 Å². The largest absolute Gasteiger partial charge is 0.389 e. The van der Waals surface area contributed by atoms with Gasteiger partial charge in [0.25, 0.3) is 0 Å². The van der Waals surface area contributed by atoms with Gasteiger partial charge < -0.3 is 15.2 Å². The summed E-state index contributed by atoms with van der Waals surface area (Å²) >= 11 is 0. The molecule has 0 radical (unpaired) electrons. The quantitative estimate of drug-likeness (QED) is 0.811. The minimum atomic E-state index is -0.472. The van der Waals surface area contributed by atoms with E-state index < -0.39 is 5.60 Å². The van der Waals surface area contributed by atoms with Gasteiger partial charge in [-0.1, -0.05) is 6.92 Å². The van der Waals surface area contributed by atoms with Crippen LogP contribution in [0.5, 0.6) is 0 Å². The molecular formula is C15H29NO2. The van der Waals surface area contributed by atoms with E-state index in [1.807, 2.05) is 0 Å². The molecule has 1 heterocycles. The summed E-state index contributed by atoms with van der Waals surface area (Å²) in [5.41, 5.74) is -0.426. The van der Waals surface area contributed by atoms with Crippen LogP contribution in [0.3, 0.4) is 0 Å². The molecule has 3 heteroatoms. The van der Waals surface area contributed by atoms with Crippen molar-refractivity contribution in [1.82, 2.24) is 5.32 Å². The average molecular weight is 255 g/mol. The van der Waals surface area contributed by atoms with E-state index in [1.165, 1.54) is 0 Å². The summed E-state index contributed by atoms with van der Waals surface area (Å²) in [6.45, 7) is 8.19. The number of hydrogen-bond acceptors (Lipinski definition) is 3. The Morgan fingerprint density at radius 1 is 1.17 bits per heavy atom. The SMILES string of the molecule is CC1CCC(O)(CNCC2CCC(C)(C)O2)CC1. The first-order chi connectivity index (χ1) is 8.39. The maximum Gasteiger partial charge on any atom is 0.0771 e. The molecule has 18 heavy (non-hydrogen) atoms. The van der Waals surface area contributed by atoms with Gasteiger partial charge in [0.1, 0.15) is 0 Å². The molecule has 106 valence electrons. The molecule has 0 amide bonds. The van der Waals surface area contributed by atoms with Gasteiger partial charge in [-0.3, -0.25) is 0 Å². The molecule has 2 fully saturated rings. The van der Waals surface area contributed by atoms with Gasteiger partial charge in [-0.25, -0.2) is 0 Å². The van der Waals surface area contributed by atoms with Crippen molar-refractivity contribution in [2.45, 2.75) is 76.6 Å². The smallest absolute Gasteiger partial charge is 0.0771 e. The first-order valence-electron chi connectivity index (χ1n) is 7.50. The van der Waals surface area contributed by atoms with Gasteiger partial charge in [-0.2, -0.15) is 0 Å². The highest BCUT2D eigenvalue weighted by molar-refractivity contribution is 4.88. The fourth-order valence-corrected chi connectivity index (χ4v) is 3.16. The van der Waals surface area contributed by atoms with E-state index in [0.29, 0.717) is 6.10 Å². The molecule has 1 unspecified atom stereocenters. The van der Waals surface area contributed by atoms with Crippen molar-refractivity contribution in [3.8, 4) is 0 Å². The molecule has 2 aliphatic rings. The highest BCUT2D eigenvalue weighted by Crippen LogP contribution is 2.32. The Morgan fingerprint density at radius 3 is 2.39 bits per heavy atom. The number of rotatable bonds is 4. The zero-order valence-electron chi connectivity index (χ0n) is 12.2. The van der Waals surface area contributed by atoms with Crippen LogP contribution in [0.2, 0.25) is 0 Å². The highest BCUT2D eigenvalue weighted by Gasteiger charge is 2.34. The predicted octanol–water partition coefficient (Wildman–Crippen LogP) is 2.47. The Bertz CT molecular complexity index is 270. The van der Waals surface area contributed by atoms with E-state index in [0.717, 1.165) is 57.5 Å². The fourth-order valence-electron chi connectivity index (χ4n) is 3.16. The Balaban J connectivity index is 1.66. The summed E-state index contributed by atoms with van der Waals surface area (Å²) in [6, 6.07) is 0. The van der Waals surface area contributed by atoms with E-state index in [9.17, 15) is 5.11 Å². The minimum absolute atomic E-state index is 0.0452. The van der Waals surface area contributed by atoms with Gasteiger partial charge in [0, 0.05) is 13.1 Å². The number of aliphatic hydroxyl groups is 1. The Hall–Kier alpha value is -0.120. The Labute approximate surface area is 111 Å². The number of nitrogens with one attached hydrogen (secondary N) is 1. The fraction of sp³-hybridized carbons (Fsp3) is 1.00. The predicted molar refractivity (Wildman–Crippen MR) is 73.6 cm³/mol. The second kappa shape index (κ2) is 5.48. The van der Waals surface area contributed by atoms with Crippen LogP contribution in [0, 0.1) is 5.92 Å². The molecule has 1 saturated heterocycles. The molecule has 1 aliphatic heterocycles. The molecule has 0 aromatic carbocycles. The zero-order valence-corrected chi connectivity index (χ0v) is 12.2. The summed E-state index contributed by atoms with van der Waals surface area (Å²) in [7, 11) is 0. The molecule has 1 saturated carbocycles. The topological polar surface area (TPSA) is 41.5 Å². The van der Waals surface area contributed by atoms with Crippen molar-refractivity contribution in [2.75, 3.05) is 13.1 Å². The summed E-state index contributed by atoms with van der Waals surface area (Å²) in [5.74, 6) is 0.782. The monoisotopic (exact) mass is 255 g/mol. The van der Waals surface area contributed by atoms with Crippen LogP contribution in [0.1, 0.15) is 59.3 Å². The van der Waals surface area contributed by atoms with Crippen molar-refractivity contribution in [3.05, 3.63) is 0 Å². The minimum Gasteiger partial charge on any atom is -0.389 e. The van der Waals surface area contributed by atoms with Crippen LogP contribution in [0.25, 0.3) is 0 Å². The molecule has 0 spiro atoms. The lowest BCUT2D eigenvalue weighted by molar-refractivity contribution is -0.0260. The van der Waals surface area contributed by atoms with Crippen LogP contribution >= 0.6 is 0 Å². The third kappa shape index (κ3) is 3.94. The number of hydrogen-bond donors (Lipinski definition) is 2. The highest BCUT2D eigenvalue weighted by atomic mass is 16.5. The van der Waals surface area contributed by atoms with Crippen molar-refractivity contribution >= 4 is 0 Å². The van der Waals surface area contributed by atoms with Gasteiger partial charge >= 0.3 is 0 Å². The van der Waals surface area contributed by atoms with E-state index in [1.54, 1.807) is 0 Å². The van der Waals surface area contributed by atoms with Crippen LogP contribution in [0.4, 0.5) is 0 Å². The van der Waals surface area contributed by atoms with Crippen LogP contribution in [0.15, 0.2) is 0 Å². The standard InChI is InChI=1S/C15H29NO2/c1-12-4-8-15(17,9-5-12)11-16-10-13-6-7-14(2,3)18-13/h12-13,16-17H,4-11H2,1-3H3. The first kappa shape index (κ1) is 14.3. The lowest BCUT2D eigenvalue weighted by Crippen LogP contribution is -2.45. The molecule has 0 aromatic heterocycles. The summed E-state index contributed by atoms with van der Waals surface area (Å²) in [5, 5.41) is 13.9. The van der Waals surface area contributed by atoms with E-state index >= 15 is 0 Å². The Morgan fingerprint density at radius 2 is 1.83 bits per heavy atom. The van der Waals surface area contributed by atoms with Gasteiger partial charge in [0.15, 0.2) is 0 Å². The molecule has 2 N–H and O–H groups in total. The van der Waals surface area contributed by atoms with Crippen LogP contribution in [-0.2, 0) is 4.74 Å². The molecule has 0 aromatic rings. The second-order valence-electron chi connectivity index (χ2n) is 7.08. The van der Waals surface area contributed by atoms with E-state index in [2.05, 4.69) is 26.1 Å². The van der Waals surface area contributed by atoms with Crippen LogP contribution < -0.4 is 5.32 Å². The van der Waals surface area contributed by atoms with Gasteiger partial charge in [-0.05, 0) is 58.3 Å². The molecule has 1 aliphatic carbocycles. The maximum atomic E-state index is 10.5. The molecule has 2 rings (SSSR count). The van der Waals surface area contributed by atoms with Crippen LogP contribution in [-0.4, -0.2) is 35.5 Å². The second-order valence-corrected chi connectivity index (χ2v) is 7.08. The lowest BCUT2D eigenvalue weighted by Gasteiger charge is -2.35. The van der Waals surface area contributed by atoms with Gasteiger partial charge in [0.2, 0.25) is 0 Å². The van der Waals surface area contributed by atoms with Crippen molar-refractivity contribution < 1.29 is 9.84 Å². The zero-order chi connectivity index (χ0) is 13.2. The third-order valence-corrected chi connectivity index (χ3v) is 4.59. The average Bonchev–Trinajstić information content (AvgIpc) is 2.63. The van der Waals surface area contributed by atoms with Crippen molar-refractivity contribution in [2.24, 2.45) is 5.92 Å². The first-order valence-corrected chi connectivity index (χ1v) is 7.50. The summed E-state index contributed by atoms with van der Waals surface area (Å²) in [4.78, 5) is 0. The number of ether oxygens (including phenoxy) is 1. The normalized spacial score (nSPS) is 40.0. The van der Waals surface area contributed by atoms with Crippen molar-refractivity contribution in [3.63, 3.8) is 0 Å². The maximum absolute atomic E-state index is 10.5. The lowest BCUT2D eigenvalue weighted by atomic mass is 9.79. The summed E-state index contributed by atoms with van der Waals surface area (Å²) < 4.78 is 5.94. The van der Waals surface area contributed by atoms with Crippen molar-refractivity contribution in [1.29, 1.82) is 0 Å². The molecule has 3 nitrogen and oxygen atoms in total. The molecule has 1 atom stereocenters. The third-order valence-electron chi connectivity index (χ3n) is 4.59. The summed E-state index contributed by atoms with van der Waals surface area (Å²) in [6.07, 6.45) is 6.80. The Kier molecular flexibility index (Phi) is 4.35. The van der Waals surface area contributed by atoms with Gasteiger partial charge in [0.05, 0.1) is 17.3 Å².